The zero-order valence-electron chi connectivity index (χ0n) is 22.1. The second-order valence-corrected chi connectivity index (χ2v) is 10.2. The van der Waals surface area contributed by atoms with Crippen molar-refractivity contribution in [3.8, 4) is 0 Å². The zero-order valence-corrected chi connectivity index (χ0v) is 22.1. The first kappa shape index (κ1) is 27.5. The molecule has 6 unspecified atom stereocenters. The van der Waals surface area contributed by atoms with Crippen LogP contribution in [0.15, 0.2) is 91.0 Å². The Labute approximate surface area is 230 Å². The summed E-state index contributed by atoms with van der Waals surface area (Å²) in [5, 5.41) is 13.7. The number of carbonyl (C=O) groups excluding carboxylic acids is 1. The third-order valence-corrected chi connectivity index (χ3v) is 7.31. The monoisotopic (exact) mass is 531 g/mol. The van der Waals surface area contributed by atoms with Crippen LogP contribution in [0.4, 0.5) is 0 Å². The van der Waals surface area contributed by atoms with Crippen LogP contribution in [0.5, 0.6) is 0 Å². The summed E-state index contributed by atoms with van der Waals surface area (Å²) < 4.78 is 25.1. The minimum Gasteiger partial charge on any atom is -0.457 e. The number of benzene rings is 3. The Hall–Kier alpha value is -3.07. The second kappa shape index (κ2) is 13.8. The number of ether oxygens (including phenoxy) is 4. The zero-order chi connectivity index (χ0) is 26.9. The Morgan fingerprint density at radius 2 is 1.49 bits per heavy atom. The maximum atomic E-state index is 12.9. The summed E-state index contributed by atoms with van der Waals surface area (Å²) in [5.74, 6) is -0.350. The molecule has 5 rings (SSSR count). The number of esters is 1. The third kappa shape index (κ3) is 7.53. The average molecular weight is 532 g/mol. The molecule has 0 radical (unpaired) electrons. The summed E-state index contributed by atoms with van der Waals surface area (Å²) in [6.07, 6.45) is -1.32. The number of fused-ring (bicyclic) bond motifs is 1. The lowest BCUT2D eigenvalue weighted by molar-refractivity contribution is -0.243. The van der Waals surface area contributed by atoms with Crippen molar-refractivity contribution >= 4 is 5.97 Å². The molecule has 3 aromatic rings. The quantitative estimate of drug-likeness (QED) is 0.344. The predicted octanol–water partition coefficient (Wildman–Crippen LogP) is 3.82. The van der Waals surface area contributed by atoms with Crippen molar-refractivity contribution in [2.24, 2.45) is 0 Å². The van der Waals surface area contributed by atoms with Crippen LogP contribution in [-0.4, -0.2) is 60.9 Å². The average Bonchev–Trinajstić information content (AvgIpc) is 3.39. The van der Waals surface area contributed by atoms with Crippen LogP contribution in [0, 0.1) is 0 Å². The number of hydrogen-bond acceptors (Lipinski definition) is 7. The van der Waals surface area contributed by atoms with E-state index in [0.29, 0.717) is 26.0 Å². The van der Waals surface area contributed by atoms with Gasteiger partial charge in [-0.2, -0.15) is 0 Å². The highest BCUT2D eigenvalue weighted by molar-refractivity contribution is 5.70. The molecule has 2 fully saturated rings. The normalized spacial score (nSPS) is 26.2. The van der Waals surface area contributed by atoms with Crippen molar-refractivity contribution in [1.82, 2.24) is 5.32 Å². The van der Waals surface area contributed by atoms with E-state index in [1.807, 2.05) is 78.9 Å². The smallest absolute Gasteiger partial charge is 0.306 e. The SMILES string of the molecule is O=C(CCc1ccccc1)OC1C(CO)OC2CC(CNCc3ccccc3)OC2C1OCc1ccccc1. The fourth-order valence-corrected chi connectivity index (χ4v) is 5.33. The summed E-state index contributed by atoms with van der Waals surface area (Å²) in [6, 6.07) is 29.9. The van der Waals surface area contributed by atoms with Crippen molar-refractivity contribution < 1.29 is 28.8 Å². The number of hydrogen-bond donors (Lipinski definition) is 2. The molecule has 0 aromatic heterocycles. The van der Waals surface area contributed by atoms with E-state index in [4.69, 9.17) is 18.9 Å². The second-order valence-electron chi connectivity index (χ2n) is 10.2. The Kier molecular flexibility index (Phi) is 9.75. The first-order valence-corrected chi connectivity index (χ1v) is 13.7. The van der Waals surface area contributed by atoms with Crippen LogP contribution >= 0.6 is 0 Å². The largest absolute Gasteiger partial charge is 0.457 e. The van der Waals surface area contributed by atoms with Crippen LogP contribution in [0.25, 0.3) is 0 Å². The van der Waals surface area contributed by atoms with Gasteiger partial charge in [0.1, 0.15) is 18.3 Å². The van der Waals surface area contributed by atoms with E-state index in [2.05, 4.69) is 17.4 Å². The molecule has 6 atom stereocenters. The van der Waals surface area contributed by atoms with Gasteiger partial charge in [-0.05, 0) is 23.1 Å². The van der Waals surface area contributed by atoms with Crippen LogP contribution in [-0.2, 0) is 43.3 Å². The lowest BCUT2D eigenvalue weighted by Crippen LogP contribution is -2.59. The standard InChI is InChI=1S/C32H37NO6/c34-21-28-31(39-29(35)17-16-23-10-4-1-5-11-23)32(36-22-25-14-8-3-9-15-25)30-27(38-28)18-26(37-30)20-33-19-24-12-6-2-7-13-24/h1-15,26-28,30-34H,16-22H2. The van der Waals surface area contributed by atoms with Gasteiger partial charge < -0.3 is 29.4 Å². The number of aliphatic hydroxyl groups is 1. The van der Waals surface area contributed by atoms with Crippen LogP contribution in [0.2, 0.25) is 0 Å². The summed E-state index contributed by atoms with van der Waals surface area (Å²) in [5.41, 5.74) is 3.28. The molecule has 39 heavy (non-hydrogen) atoms. The molecule has 2 saturated heterocycles. The fourth-order valence-electron chi connectivity index (χ4n) is 5.33. The number of aryl methyl sites for hydroxylation is 1. The predicted molar refractivity (Wildman–Crippen MR) is 147 cm³/mol. The topological polar surface area (TPSA) is 86.3 Å². The van der Waals surface area contributed by atoms with E-state index in [1.54, 1.807) is 0 Å². The molecule has 0 aliphatic carbocycles. The molecule has 0 bridgehead atoms. The number of carbonyl (C=O) groups is 1. The lowest BCUT2D eigenvalue weighted by Gasteiger charge is -2.42. The molecule has 3 aromatic carbocycles. The molecule has 7 nitrogen and oxygen atoms in total. The van der Waals surface area contributed by atoms with Crippen molar-refractivity contribution in [3.05, 3.63) is 108 Å². The minimum atomic E-state index is -0.778. The van der Waals surface area contributed by atoms with Gasteiger partial charge in [-0.3, -0.25) is 4.79 Å². The van der Waals surface area contributed by atoms with Crippen molar-refractivity contribution in [3.63, 3.8) is 0 Å². The molecule has 2 aliphatic rings. The molecule has 7 heteroatoms. The van der Waals surface area contributed by atoms with E-state index in [0.717, 1.165) is 17.7 Å². The summed E-state index contributed by atoms with van der Waals surface area (Å²) in [6.45, 7) is 1.46. The van der Waals surface area contributed by atoms with Gasteiger partial charge in [0.25, 0.3) is 0 Å². The van der Waals surface area contributed by atoms with Crippen LogP contribution in [0.1, 0.15) is 29.5 Å². The fraction of sp³-hybridized carbons (Fsp3) is 0.406. The van der Waals surface area contributed by atoms with Gasteiger partial charge in [-0.15, -0.1) is 0 Å². The Morgan fingerprint density at radius 3 is 2.15 bits per heavy atom. The minimum absolute atomic E-state index is 0.0848. The Bertz CT molecular complexity index is 1150. The highest BCUT2D eigenvalue weighted by Gasteiger charge is 2.53. The highest BCUT2D eigenvalue weighted by atomic mass is 16.6. The third-order valence-electron chi connectivity index (χ3n) is 7.31. The number of aliphatic hydroxyl groups excluding tert-OH is 1. The van der Waals surface area contributed by atoms with Crippen molar-refractivity contribution in [2.45, 2.75) is 69.0 Å². The molecule has 2 aliphatic heterocycles. The van der Waals surface area contributed by atoms with Gasteiger partial charge in [0, 0.05) is 25.9 Å². The van der Waals surface area contributed by atoms with E-state index in [9.17, 15) is 9.90 Å². The lowest BCUT2D eigenvalue weighted by atomic mass is 9.94. The van der Waals surface area contributed by atoms with Gasteiger partial charge >= 0.3 is 5.97 Å². The molecule has 2 heterocycles. The van der Waals surface area contributed by atoms with Crippen molar-refractivity contribution in [2.75, 3.05) is 13.2 Å². The molecular formula is C32H37NO6. The van der Waals surface area contributed by atoms with Gasteiger partial charge in [0.05, 0.1) is 25.4 Å². The summed E-state index contributed by atoms with van der Waals surface area (Å²) in [7, 11) is 0. The Balaban J connectivity index is 1.25. The highest BCUT2D eigenvalue weighted by Crippen LogP contribution is 2.36. The Morgan fingerprint density at radius 1 is 0.846 bits per heavy atom. The molecule has 2 N–H and O–H groups in total. The molecule has 0 saturated carbocycles. The number of nitrogens with one attached hydrogen (secondary N) is 1. The van der Waals surface area contributed by atoms with E-state index in [-0.39, 0.29) is 31.2 Å². The first-order valence-electron chi connectivity index (χ1n) is 13.7. The van der Waals surface area contributed by atoms with E-state index in [1.165, 1.54) is 5.56 Å². The van der Waals surface area contributed by atoms with Crippen LogP contribution in [0.3, 0.4) is 0 Å². The summed E-state index contributed by atoms with van der Waals surface area (Å²) >= 11 is 0. The molecular weight excluding hydrogens is 494 g/mol. The van der Waals surface area contributed by atoms with Gasteiger partial charge in [-0.1, -0.05) is 91.0 Å². The van der Waals surface area contributed by atoms with Crippen molar-refractivity contribution in [1.29, 1.82) is 0 Å². The maximum Gasteiger partial charge on any atom is 0.306 e. The number of rotatable bonds is 12. The molecule has 0 amide bonds. The van der Waals surface area contributed by atoms with E-state index < -0.39 is 24.4 Å². The van der Waals surface area contributed by atoms with Gasteiger partial charge in [0.2, 0.25) is 0 Å². The molecule has 206 valence electrons. The van der Waals surface area contributed by atoms with Gasteiger partial charge in [0.15, 0.2) is 6.10 Å². The first-order chi connectivity index (χ1) is 19.2. The molecule has 0 spiro atoms. The van der Waals surface area contributed by atoms with Crippen LogP contribution < -0.4 is 5.32 Å². The van der Waals surface area contributed by atoms with Gasteiger partial charge in [-0.25, -0.2) is 0 Å². The van der Waals surface area contributed by atoms with E-state index >= 15 is 0 Å². The summed E-state index contributed by atoms with van der Waals surface area (Å²) in [4.78, 5) is 12.9. The maximum absolute atomic E-state index is 12.9.